The van der Waals surface area contributed by atoms with E-state index in [9.17, 15) is 13.9 Å². The van der Waals surface area contributed by atoms with Crippen molar-refractivity contribution >= 4 is 6.08 Å². The fourth-order valence-corrected chi connectivity index (χ4v) is 6.54. The van der Waals surface area contributed by atoms with Crippen molar-refractivity contribution in [3.63, 3.8) is 0 Å². The van der Waals surface area contributed by atoms with Gasteiger partial charge in [0.25, 0.3) is 0 Å². The van der Waals surface area contributed by atoms with Crippen molar-refractivity contribution in [2.75, 3.05) is 6.61 Å². The lowest BCUT2D eigenvalue weighted by atomic mass is 9.75. The van der Waals surface area contributed by atoms with Crippen molar-refractivity contribution in [2.24, 2.45) is 11.8 Å². The average Bonchev–Trinajstić information content (AvgIpc) is 3.75. The van der Waals surface area contributed by atoms with Gasteiger partial charge in [0, 0.05) is 11.1 Å². The summed E-state index contributed by atoms with van der Waals surface area (Å²) in [4.78, 5) is 0. The van der Waals surface area contributed by atoms with Crippen LogP contribution < -0.4 is 0 Å². The topological polar surface area (TPSA) is 32.8 Å². The number of halogens is 3. The third kappa shape index (κ3) is 6.15. The van der Waals surface area contributed by atoms with Crippen LogP contribution in [0.4, 0.5) is 13.2 Å². The summed E-state index contributed by atoms with van der Waals surface area (Å²) in [5.74, 6) is -0.714. The maximum atomic E-state index is 15.0. The standard InChI is InChI=1S/C32H39F3O2/c1-2-3-29(36)23-12-10-22(11-13-23)26-16-14-24(31(34)32(26)35)9-6-20-4-7-21(8-5-20)25-15-17-27(28(33)18-25)30-19-37-30/h6,9,14-18,20-23,29-30,36H,2-5,7-8,10-13,19H2,1H3/b9-6+. The Hall–Kier alpha value is -2.11. The molecule has 2 aromatic carbocycles. The van der Waals surface area contributed by atoms with Crippen molar-refractivity contribution in [1.29, 1.82) is 0 Å². The van der Waals surface area contributed by atoms with Gasteiger partial charge in [0.15, 0.2) is 11.6 Å². The molecule has 2 atom stereocenters. The lowest BCUT2D eigenvalue weighted by Gasteiger charge is -2.32. The van der Waals surface area contributed by atoms with Crippen LogP contribution in [0.15, 0.2) is 36.4 Å². The quantitative estimate of drug-likeness (QED) is 0.359. The first kappa shape index (κ1) is 26.5. The molecule has 2 saturated carbocycles. The second-order valence-corrected chi connectivity index (χ2v) is 11.4. The van der Waals surface area contributed by atoms with E-state index in [2.05, 4.69) is 6.92 Å². The zero-order valence-corrected chi connectivity index (χ0v) is 21.8. The Morgan fingerprint density at radius 1 is 0.892 bits per heavy atom. The third-order valence-electron chi connectivity index (χ3n) is 8.98. The maximum absolute atomic E-state index is 15.0. The molecule has 5 rings (SSSR count). The lowest BCUT2D eigenvalue weighted by Crippen LogP contribution is -2.25. The summed E-state index contributed by atoms with van der Waals surface area (Å²) in [5.41, 5.74) is 2.47. The minimum absolute atomic E-state index is 0.0172. The van der Waals surface area contributed by atoms with Gasteiger partial charge in [0.05, 0.1) is 12.7 Å². The highest BCUT2D eigenvalue weighted by atomic mass is 19.2. The van der Waals surface area contributed by atoms with E-state index >= 15 is 4.39 Å². The van der Waals surface area contributed by atoms with Crippen LogP contribution in [-0.4, -0.2) is 17.8 Å². The van der Waals surface area contributed by atoms with Crippen molar-refractivity contribution < 1.29 is 23.0 Å². The van der Waals surface area contributed by atoms with Gasteiger partial charge < -0.3 is 9.84 Å². The van der Waals surface area contributed by atoms with E-state index in [1.165, 1.54) is 0 Å². The fraction of sp³-hybridized carbons (Fsp3) is 0.562. The second-order valence-electron chi connectivity index (χ2n) is 11.4. The Morgan fingerprint density at radius 2 is 1.57 bits per heavy atom. The molecule has 1 saturated heterocycles. The Balaban J connectivity index is 1.16. The molecule has 1 N–H and O–H groups in total. The van der Waals surface area contributed by atoms with Crippen LogP contribution in [0.3, 0.4) is 0 Å². The molecule has 0 spiro atoms. The molecular formula is C32H39F3O2. The number of rotatable bonds is 8. The largest absolute Gasteiger partial charge is 0.393 e. The van der Waals surface area contributed by atoms with Crippen LogP contribution in [0.25, 0.3) is 6.08 Å². The molecule has 1 aliphatic heterocycles. The number of aliphatic hydroxyl groups excluding tert-OH is 1. The maximum Gasteiger partial charge on any atom is 0.166 e. The number of benzene rings is 2. The van der Waals surface area contributed by atoms with Crippen LogP contribution in [0.5, 0.6) is 0 Å². The van der Waals surface area contributed by atoms with Gasteiger partial charge in [-0.15, -0.1) is 0 Å². The molecule has 1 heterocycles. The molecule has 3 fully saturated rings. The molecule has 0 radical (unpaired) electrons. The normalized spacial score (nSPS) is 28.9. The first-order valence-corrected chi connectivity index (χ1v) is 14.2. The first-order chi connectivity index (χ1) is 17.9. The van der Waals surface area contributed by atoms with Crippen molar-refractivity contribution in [1.82, 2.24) is 0 Å². The first-order valence-electron chi connectivity index (χ1n) is 14.2. The highest BCUT2D eigenvalue weighted by Crippen LogP contribution is 2.41. The molecule has 3 aliphatic rings. The Labute approximate surface area is 218 Å². The molecule has 0 amide bonds. The molecule has 0 bridgehead atoms. The van der Waals surface area contributed by atoms with Gasteiger partial charge in [-0.3, -0.25) is 0 Å². The molecule has 2 nitrogen and oxygen atoms in total. The lowest BCUT2D eigenvalue weighted by molar-refractivity contribution is 0.0727. The molecule has 0 aromatic heterocycles. The third-order valence-corrected chi connectivity index (χ3v) is 8.98. The van der Waals surface area contributed by atoms with E-state index in [1.807, 2.05) is 18.2 Å². The summed E-state index contributed by atoms with van der Waals surface area (Å²) in [6.45, 7) is 2.67. The smallest absolute Gasteiger partial charge is 0.166 e. The number of epoxide rings is 1. The van der Waals surface area contributed by atoms with Crippen LogP contribution in [-0.2, 0) is 4.74 Å². The monoisotopic (exact) mass is 512 g/mol. The molecular weight excluding hydrogens is 473 g/mol. The predicted octanol–water partition coefficient (Wildman–Crippen LogP) is 8.60. The minimum atomic E-state index is -0.759. The summed E-state index contributed by atoms with van der Waals surface area (Å²) in [5, 5.41) is 10.3. The van der Waals surface area contributed by atoms with E-state index in [1.54, 1.807) is 24.3 Å². The van der Waals surface area contributed by atoms with E-state index in [-0.39, 0.29) is 29.9 Å². The van der Waals surface area contributed by atoms with Gasteiger partial charge >= 0.3 is 0 Å². The van der Waals surface area contributed by atoms with E-state index < -0.39 is 11.6 Å². The second kappa shape index (κ2) is 11.7. The number of hydrogen-bond donors (Lipinski definition) is 1. The van der Waals surface area contributed by atoms with Crippen LogP contribution in [0.1, 0.15) is 111 Å². The number of hydrogen-bond acceptors (Lipinski definition) is 2. The summed E-state index contributed by atoms with van der Waals surface area (Å²) in [6, 6.07) is 9.02. The fourth-order valence-electron chi connectivity index (χ4n) is 6.54. The number of allylic oxidation sites excluding steroid dienone is 1. The van der Waals surface area contributed by atoms with Crippen molar-refractivity contribution in [2.45, 2.75) is 95.2 Å². The predicted molar refractivity (Wildman–Crippen MR) is 141 cm³/mol. The minimum Gasteiger partial charge on any atom is -0.393 e. The zero-order valence-electron chi connectivity index (χ0n) is 21.8. The Morgan fingerprint density at radius 3 is 2.22 bits per heavy atom. The van der Waals surface area contributed by atoms with Gasteiger partial charge in [-0.2, -0.15) is 0 Å². The van der Waals surface area contributed by atoms with Crippen molar-refractivity contribution in [3.05, 3.63) is 76.1 Å². The zero-order chi connectivity index (χ0) is 25.9. The molecule has 5 heteroatoms. The number of ether oxygens (including phenoxy) is 1. The van der Waals surface area contributed by atoms with E-state index in [4.69, 9.17) is 4.74 Å². The molecule has 2 unspecified atom stereocenters. The van der Waals surface area contributed by atoms with Crippen LogP contribution in [0, 0.1) is 29.3 Å². The Bertz CT molecular complexity index is 1090. The number of aliphatic hydroxyl groups is 1. The van der Waals surface area contributed by atoms with Crippen molar-refractivity contribution in [3.8, 4) is 0 Å². The molecule has 2 aromatic rings. The average molecular weight is 513 g/mol. The van der Waals surface area contributed by atoms with Gasteiger partial charge in [-0.05, 0) is 98.7 Å². The van der Waals surface area contributed by atoms with E-state index in [0.717, 1.165) is 69.8 Å². The highest BCUT2D eigenvalue weighted by Gasteiger charge is 2.30. The van der Waals surface area contributed by atoms with Crippen LogP contribution >= 0.6 is 0 Å². The van der Waals surface area contributed by atoms with Gasteiger partial charge in [0.2, 0.25) is 0 Å². The van der Waals surface area contributed by atoms with Crippen LogP contribution in [0.2, 0.25) is 0 Å². The van der Waals surface area contributed by atoms with E-state index in [0.29, 0.717) is 35.1 Å². The summed E-state index contributed by atoms with van der Waals surface area (Å²) in [7, 11) is 0. The molecule has 37 heavy (non-hydrogen) atoms. The summed E-state index contributed by atoms with van der Waals surface area (Å²) in [6.07, 6.45) is 12.3. The van der Waals surface area contributed by atoms with Gasteiger partial charge in [0.1, 0.15) is 11.9 Å². The Kier molecular flexibility index (Phi) is 8.40. The van der Waals surface area contributed by atoms with Gasteiger partial charge in [-0.1, -0.05) is 49.8 Å². The van der Waals surface area contributed by atoms with Gasteiger partial charge in [-0.25, -0.2) is 13.2 Å². The molecule has 200 valence electrons. The summed E-state index contributed by atoms with van der Waals surface area (Å²) < 4.78 is 49.6. The molecule has 2 aliphatic carbocycles. The highest BCUT2D eigenvalue weighted by molar-refractivity contribution is 5.52. The summed E-state index contributed by atoms with van der Waals surface area (Å²) >= 11 is 0. The SMILES string of the molecule is CCCC(O)C1CCC(c2ccc(/C=C/C3CCC(c4ccc(C5CO5)c(F)c4)CC3)c(F)c2F)CC1.